The van der Waals surface area contributed by atoms with E-state index < -0.39 is 0 Å². The lowest BCUT2D eigenvalue weighted by atomic mass is 9.87. The molecule has 1 heterocycles. The average molecular weight is 571 g/mol. The first-order valence-electron chi connectivity index (χ1n) is 15.5. The molecule has 0 atom stereocenters. The molecule has 0 aliphatic carbocycles. The molecule has 208 valence electrons. The van der Waals surface area contributed by atoms with Crippen LogP contribution in [0.15, 0.2) is 162 Å². The molecule has 10 aromatic rings. The van der Waals surface area contributed by atoms with Crippen molar-refractivity contribution in [2.24, 2.45) is 0 Å². The maximum Gasteiger partial charge on any atom is 0.143 e. The smallest absolute Gasteiger partial charge is 0.143 e. The van der Waals surface area contributed by atoms with Crippen molar-refractivity contribution >= 4 is 75.8 Å². The maximum atomic E-state index is 6.54. The fraction of sp³-hybridized carbons (Fsp3) is 0. The van der Waals surface area contributed by atoms with Gasteiger partial charge in [0.15, 0.2) is 0 Å². The van der Waals surface area contributed by atoms with Crippen molar-refractivity contribution in [3.63, 3.8) is 0 Å². The van der Waals surface area contributed by atoms with Crippen molar-refractivity contribution in [2.45, 2.75) is 0 Å². The molecule has 10 rings (SSSR count). The first kappa shape index (κ1) is 24.5. The lowest BCUT2D eigenvalue weighted by Crippen LogP contribution is -1.89. The Morgan fingerprint density at radius 1 is 0.333 bits per heavy atom. The van der Waals surface area contributed by atoms with Crippen LogP contribution in [0.25, 0.3) is 98.1 Å². The summed E-state index contributed by atoms with van der Waals surface area (Å²) >= 11 is 0. The second kappa shape index (κ2) is 9.29. The van der Waals surface area contributed by atoms with Gasteiger partial charge in [-0.1, -0.05) is 133 Å². The second-order valence-electron chi connectivity index (χ2n) is 12.0. The van der Waals surface area contributed by atoms with E-state index in [2.05, 4.69) is 158 Å². The van der Waals surface area contributed by atoms with E-state index in [-0.39, 0.29) is 0 Å². The first-order valence-corrected chi connectivity index (χ1v) is 15.5. The largest absolute Gasteiger partial charge is 0.455 e. The summed E-state index contributed by atoms with van der Waals surface area (Å²) < 4.78 is 6.54. The molecule has 0 bridgehead atoms. The van der Waals surface area contributed by atoms with Crippen LogP contribution in [0, 0.1) is 0 Å². The van der Waals surface area contributed by atoms with E-state index in [1.807, 2.05) is 0 Å². The third-order valence-corrected chi connectivity index (χ3v) is 9.62. The number of furan rings is 1. The van der Waals surface area contributed by atoms with Crippen LogP contribution in [-0.4, -0.2) is 0 Å². The molecule has 1 nitrogen and oxygen atoms in total. The fourth-order valence-corrected chi connectivity index (χ4v) is 7.56. The van der Waals surface area contributed by atoms with Gasteiger partial charge in [0, 0.05) is 16.2 Å². The Morgan fingerprint density at radius 3 is 1.82 bits per heavy atom. The molecule has 0 unspecified atom stereocenters. The molecule has 0 N–H and O–H groups in total. The first-order chi connectivity index (χ1) is 22.3. The van der Waals surface area contributed by atoms with Gasteiger partial charge in [0.2, 0.25) is 0 Å². The Balaban J connectivity index is 1.28. The highest BCUT2D eigenvalue weighted by Crippen LogP contribution is 2.44. The third-order valence-electron chi connectivity index (χ3n) is 9.62. The molecular weight excluding hydrogens is 544 g/mol. The van der Waals surface area contributed by atoms with Gasteiger partial charge in [-0.2, -0.15) is 0 Å². The van der Waals surface area contributed by atoms with Crippen LogP contribution in [0.2, 0.25) is 0 Å². The van der Waals surface area contributed by atoms with Gasteiger partial charge >= 0.3 is 0 Å². The van der Waals surface area contributed by atoms with Crippen LogP contribution < -0.4 is 0 Å². The molecule has 1 heteroatoms. The number of rotatable bonds is 2. The highest BCUT2D eigenvalue weighted by Gasteiger charge is 2.17. The maximum absolute atomic E-state index is 6.54. The molecule has 0 aliphatic rings. The fourth-order valence-electron chi connectivity index (χ4n) is 7.56. The van der Waals surface area contributed by atoms with Crippen molar-refractivity contribution in [2.75, 3.05) is 0 Å². The van der Waals surface area contributed by atoms with Gasteiger partial charge in [-0.15, -0.1) is 0 Å². The standard InChI is InChI=1S/C44H26O/c1-4-13-32-27(9-1)21-23-37-40(32)26-30-11-3-5-14-33(30)42(37)36-17-7-12-29-19-20-31(25-39(29)36)34-16-8-18-41-43(34)38-24-22-28-10-2-6-15-35(28)44(38)45-41/h1-26H. The van der Waals surface area contributed by atoms with Crippen LogP contribution in [0.5, 0.6) is 0 Å². The van der Waals surface area contributed by atoms with E-state index in [0.717, 1.165) is 27.3 Å². The average Bonchev–Trinajstić information content (AvgIpc) is 3.50. The summed E-state index contributed by atoms with van der Waals surface area (Å²) in [5.41, 5.74) is 6.78. The van der Waals surface area contributed by atoms with Crippen LogP contribution in [0.3, 0.4) is 0 Å². The molecule has 0 fully saturated rings. The highest BCUT2D eigenvalue weighted by atomic mass is 16.3. The summed E-state index contributed by atoms with van der Waals surface area (Å²) in [7, 11) is 0. The van der Waals surface area contributed by atoms with Gasteiger partial charge in [0.25, 0.3) is 0 Å². The van der Waals surface area contributed by atoms with E-state index in [9.17, 15) is 0 Å². The van der Waals surface area contributed by atoms with E-state index in [4.69, 9.17) is 4.42 Å². The lowest BCUT2D eigenvalue weighted by Gasteiger charge is -2.16. The summed E-state index contributed by atoms with van der Waals surface area (Å²) in [6, 6.07) is 57.4. The van der Waals surface area contributed by atoms with Crippen LogP contribution >= 0.6 is 0 Å². The molecule has 0 aliphatic heterocycles. The molecule has 0 saturated heterocycles. The Hall–Kier alpha value is -5.92. The van der Waals surface area contributed by atoms with Gasteiger partial charge in [0.05, 0.1) is 0 Å². The molecule has 0 radical (unpaired) electrons. The number of hydrogen-bond donors (Lipinski definition) is 0. The van der Waals surface area contributed by atoms with Crippen LogP contribution in [-0.2, 0) is 0 Å². The van der Waals surface area contributed by atoms with E-state index in [1.165, 1.54) is 70.7 Å². The van der Waals surface area contributed by atoms with Crippen LogP contribution in [0.1, 0.15) is 0 Å². The Labute approximate surface area is 259 Å². The zero-order valence-corrected chi connectivity index (χ0v) is 24.4. The molecule has 1 aromatic heterocycles. The van der Waals surface area contributed by atoms with Crippen molar-refractivity contribution < 1.29 is 4.42 Å². The highest BCUT2D eigenvalue weighted by molar-refractivity contribution is 6.23. The van der Waals surface area contributed by atoms with Gasteiger partial charge < -0.3 is 4.42 Å². The zero-order chi connectivity index (χ0) is 29.5. The number of fused-ring (bicyclic) bond motifs is 10. The monoisotopic (exact) mass is 570 g/mol. The summed E-state index contributed by atoms with van der Waals surface area (Å²) in [6.45, 7) is 0. The molecular formula is C44H26O. The minimum atomic E-state index is 0.916. The Kier molecular flexibility index (Phi) is 5.06. The third kappa shape index (κ3) is 3.56. The second-order valence-corrected chi connectivity index (χ2v) is 12.0. The van der Waals surface area contributed by atoms with Crippen molar-refractivity contribution in [1.29, 1.82) is 0 Å². The van der Waals surface area contributed by atoms with Gasteiger partial charge in [-0.05, 0) is 95.0 Å². The van der Waals surface area contributed by atoms with Gasteiger partial charge in [-0.3, -0.25) is 0 Å². The van der Waals surface area contributed by atoms with Gasteiger partial charge in [0.1, 0.15) is 11.2 Å². The normalized spacial score (nSPS) is 12.0. The lowest BCUT2D eigenvalue weighted by molar-refractivity contribution is 0.673. The van der Waals surface area contributed by atoms with Crippen LogP contribution in [0.4, 0.5) is 0 Å². The molecule has 9 aromatic carbocycles. The molecule has 0 amide bonds. The van der Waals surface area contributed by atoms with Crippen molar-refractivity contribution in [3.8, 4) is 22.3 Å². The predicted octanol–water partition coefficient (Wildman–Crippen LogP) is 12.7. The van der Waals surface area contributed by atoms with Crippen molar-refractivity contribution in [3.05, 3.63) is 158 Å². The summed E-state index contributed by atoms with van der Waals surface area (Å²) in [6.07, 6.45) is 0. The topological polar surface area (TPSA) is 13.1 Å². The summed E-state index contributed by atoms with van der Waals surface area (Å²) in [5.74, 6) is 0. The summed E-state index contributed by atoms with van der Waals surface area (Å²) in [4.78, 5) is 0. The van der Waals surface area contributed by atoms with E-state index >= 15 is 0 Å². The minimum absolute atomic E-state index is 0.916. The number of benzene rings is 9. The van der Waals surface area contributed by atoms with Crippen molar-refractivity contribution in [1.82, 2.24) is 0 Å². The summed E-state index contributed by atoms with van der Waals surface area (Å²) in [5, 5.41) is 14.8. The Bertz CT molecular complexity index is 2820. The number of hydrogen-bond acceptors (Lipinski definition) is 1. The predicted molar refractivity (Wildman–Crippen MR) is 192 cm³/mol. The molecule has 45 heavy (non-hydrogen) atoms. The van der Waals surface area contributed by atoms with E-state index in [1.54, 1.807) is 0 Å². The molecule has 0 spiro atoms. The minimum Gasteiger partial charge on any atom is -0.455 e. The quantitative estimate of drug-likeness (QED) is 0.149. The molecule has 0 saturated carbocycles. The Morgan fingerprint density at radius 2 is 0.956 bits per heavy atom. The van der Waals surface area contributed by atoms with E-state index in [0.29, 0.717) is 0 Å². The zero-order valence-electron chi connectivity index (χ0n) is 24.4. The van der Waals surface area contributed by atoms with Gasteiger partial charge in [-0.25, -0.2) is 0 Å². The SMILES string of the molecule is c1cc(-c2c3ccccc3cc3c2ccc2ccccc23)c2cc(-c3cccc4oc5c6ccccc6ccc5c34)ccc2c1.